The lowest BCUT2D eigenvalue weighted by Crippen LogP contribution is -1.81. The Bertz CT molecular complexity index is 168. The van der Waals surface area contributed by atoms with Crippen LogP contribution in [0.2, 0.25) is 0 Å². The van der Waals surface area contributed by atoms with Crippen LogP contribution >= 0.6 is 12.6 Å². The Hall–Kier alpha value is -0.170. The highest BCUT2D eigenvalue weighted by Gasteiger charge is 1.96. The van der Waals surface area contributed by atoms with Gasteiger partial charge in [-0.3, -0.25) is 0 Å². The lowest BCUT2D eigenvalue weighted by molar-refractivity contribution is 0.672. The number of unbranched alkanes of at least 4 members (excludes halogenated alkanes) is 3. The number of thiol groups is 1. The quantitative estimate of drug-likeness (QED) is 0.469. The van der Waals surface area contributed by atoms with Gasteiger partial charge in [-0.25, -0.2) is 0 Å². The summed E-state index contributed by atoms with van der Waals surface area (Å²) in [4.78, 5) is 0. The van der Waals surface area contributed by atoms with Gasteiger partial charge in [-0.05, 0) is 31.4 Å². The van der Waals surface area contributed by atoms with E-state index in [9.17, 15) is 0 Å². The van der Waals surface area contributed by atoms with Crippen molar-refractivity contribution in [3.8, 4) is 0 Å². The highest BCUT2D eigenvalue weighted by molar-refractivity contribution is 7.80. The average molecular weight is 182 g/mol. The summed E-state index contributed by atoms with van der Waals surface area (Å²) in [7, 11) is 0. The van der Waals surface area contributed by atoms with Gasteiger partial charge in [0.2, 0.25) is 0 Å². The summed E-state index contributed by atoms with van der Waals surface area (Å²) >= 11 is 4.19. The molecule has 0 unspecified atom stereocenters. The van der Waals surface area contributed by atoms with E-state index in [2.05, 4.69) is 30.9 Å². The number of allylic oxidation sites excluding steroid dienone is 4. The van der Waals surface area contributed by atoms with Gasteiger partial charge in [-0.1, -0.05) is 36.6 Å². The van der Waals surface area contributed by atoms with Crippen molar-refractivity contribution in [2.75, 3.05) is 5.75 Å². The zero-order valence-electron chi connectivity index (χ0n) is 7.63. The van der Waals surface area contributed by atoms with E-state index < -0.39 is 0 Å². The third-order valence-corrected chi connectivity index (χ3v) is 2.54. The SMILES string of the molecule is SCCCCCCC1=CCC=C1. The molecule has 0 saturated carbocycles. The van der Waals surface area contributed by atoms with Crippen LogP contribution in [0.15, 0.2) is 23.8 Å². The van der Waals surface area contributed by atoms with E-state index >= 15 is 0 Å². The second-order valence-corrected chi connectivity index (χ2v) is 3.75. The van der Waals surface area contributed by atoms with E-state index in [4.69, 9.17) is 0 Å². The normalized spacial score (nSPS) is 15.2. The molecular weight excluding hydrogens is 164 g/mol. The predicted octanol–water partition coefficient (Wildman–Crippen LogP) is 3.75. The third kappa shape index (κ3) is 4.01. The van der Waals surface area contributed by atoms with Gasteiger partial charge in [0, 0.05) is 0 Å². The molecule has 0 saturated heterocycles. The highest BCUT2D eigenvalue weighted by Crippen LogP contribution is 2.16. The molecule has 0 radical (unpaired) electrons. The molecule has 0 N–H and O–H groups in total. The number of hydrogen-bond acceptors (Lipinski definition) is 1. The first kappa shape index (κ1) is 9.91. The van der Waals surface area contributed by atoms with Gasteiger partial charge in [-0.15, -0.1) is 0 Å². The minimum Gasteiger partial charge on any atom is -0.179 e. The molecule has 0 bridgehead atoms. The molecular formula is C11H18S. The maximum Gasteiger partial charge on any atom is -0.00979 e. The summed E-state index contributed by atoms with van der Waals surface area (Å²) in [5, 5.41) is 0. The average Bonchev–Trinajstić information content (AvgIpc) is 2.57. The van der Waals surface area contributed by atoms with E-state index in [1.165, 1.54) is 32.1 Å². The fourth-order valence-corrected chi connectivity index (χ4v) is 1.71. The first-order chi connectivity index (χ1) is 5.93. The van der Waals surface area contributed by atoms with Crippen molar-refractivity contribution in [3.63, 3.8) is 0 Å². The molecule has 0 spiro atoms. The summed E-state index contributed by atoms with van der Waals surface area (Å²) in [5.74, 6) is 1.04. The lowest BCUT2D eigenvalue weighted by Gasteiger charge is -1.99. The molecule has 12 heavy (non-hydrogen) atoms. The summed E-state index contributed by atoms with van der Waals surface area (Å²) < 4.78 is 0. The monoisotopic (exact) mass is 182 g/mol. The minimum atomic E-state index is 1.04. The standard InChI is InChI=1S/C11H18S/c12-10-6-2-1-3-7-11-8-4-5-9-11/h4,8-9,12H,1-3,5-7,10H2. The fourth-order valence-electron chi connectivity index (χ4n) is 1.49. The Morgan fingerprint density at radius 3 is 2.67 bits per heavy atom. The molecule has 0 aromatic heterocycles. The van der Waals surface area contributed by atoms with Gasteiger partial charge in [-0.2, -0.15) is 12.6 Å². The Labute approximate surface area is 81.2 Å². The Morgan fingerprint density at radius 2 is 2.00 bits per heavy atom. The first-order valence-corrected chi connectivity index (χ1v) is 5.53. The molecule has 68 valence electrons. The molecule has 1 aliphatic carbocycles. The Balaban J connectivity index is 1.92. The minimum absolute atomic E-state index is 1.04. The van der Waals surface area contributed by atoms with E-state index in [1.54, 1.807) is 5.57 Å². The number of rotatable bonds is 6. The summed E-state index contributed by atoms with van der Waals surface area (Å²) in [5.41, 5.74) is 1.54. The van der Waals surface area contributed by atoms with Gasteiger partial charge >= 0.3 is 0 Å². The molecule has 0 aromatic carbocycles. The van der Waals surface area contributed by atoms with Crippen LogP contribution < -0.4 is 0 Å². The zero-order valence-corrected chi connectivity index (χ0v) is 8.52. The summed E-state index contributed by atoms with van der Waals surface area (Å²) in [6, 6.07) is 0. The molecule has 0 fully saturated rings. The summed E-state index contributed by atoms with van der Waals surface area (Å²) in [6.45, 7) is 0. The van der Waals surface area contributed by atoms with Gasteiger partial charge in [0.05, 0.1) is 0 Å². The van der Waals surface area contributed by atoms with Crippen LogP contribution in [-0.2, 0) is 0 Å². The molecule has 0 aromatic rings. The molecule has 0 aliphatic heterocycles. The van der Waals surface area contributed by atoms with Crippen molar-refractivity contribution in [3.05, 3.63) is 23.8 Å². The van der Waals surface area contributed by atoms with Crippen LogP contribution in [0.5, 0.6) is 0 Å². The number of hydrogen-bond donors (Lipinski definition) is 1. The largest absolute Gasteiger partial charge is 0.179 e. The van der Waals surface area contributed by atoms with Crippen LogP contribution in [0.25, 0.3) is 0 Å². The van der Waals surface area contributed by atoms with Crippen LogP contribution in [0.1, 0.15) is 38.5 Å². The maximum absolute atomic E-state index is 4.19. The first-order valence-electron chi connectivity index (χ1n) is 4.90. The lowest BCUT2D eigenvalue weighted by atomic mass is 10.1. The topological polar surface area (TPSA) is 0 Å². The predicted molar refractivity (Wildman–Crippen MR) is 58.8 cm³/mol. The van der Waals surface area contributed by atoms with Crippen LogP contribution in [-0.4, -0.2) is 5.75 Å². The fraction of sp³-hybridized carbons (Fsp3) is 0.636. The Kier molecular flexibility index (Phi) is 5.25. The molecule has 1 rings (SSSR count). The van der Waals surface area contributed by atoms with Crippen LogP contribution in [0.4, 0.5) is 0 Å². The second kappa shape index (κ2) is 6.36. The molecule has 0 atom stereocenters. The molecule has 1 aliphatic rings. The van der Waals surface area contributed by atoms with Crippen molar-refractivity contribution in [1.29, 1.82) is 0 Å². The smallest absolute Gasteiger partial charge is 0.00979 e. The van der Waals surface area contributed by atoms with Crippen molar-refractivity contribution >= 4 is 12.6 Å². The van der Waals surface area contributed by atoms with Gasteiger partial charge < -0.3 is 0 Å². The van der Waals surface area contributed by atoms with Crippen LogP contribution in [0, 0.1) is 0 Å². The van der Waals surface area contributed by atoms with Crippen molar-refractivity contribution < 1.29 is 0 Å². The van der Waals surface area contributed by atoms with Gasteiger partial charge in [0.25, 0.3) is 0 Å². The van der Waals surface area contributed by atoms with E-state index in [-0.39, 0.29) is 0 Å². The van der Waals surface area contributed by atoms with Crippen molar-refractivity contribution in [1.82, 2.24) is 0 Å². The third-order valence-electron chi connectivity index (χ3n) is 2.22. The molecule has 0 heterocycles. The van der Waals surface area contributed by atoms with E-state index in [0.717, 1.165) is 12.2 Å². The molecule has 0 nitrogen and oxygen atoms in total. The van der Waals surface area contributed by atoms with Crippen molar-refractivity contribution in [2.45, 2.75) is 38.5 Å². The van der Waals surface area contributed by atoms with Crippen molar-refractivity contribution in [2.24, 2.45) is 0 Å². The Morgan fingerprint density at radius 1 is 1.17 bits per heavy atom. The highest BCUT2D eigenvalue weighted by atomic mass is 32.1. The van der Waals surface area contributed by atoms with Gasteiger partial charge in [0.1, 0.15) is 0 Å². The summed E-state index contributed by atoms with van der Waals surface area (Å²) in [6.07, 6.45) is 14.6. The zero-order chi connectivity index (χ0) is 8.65. The maximum atomic E-state index is 4.19. The molecule has 0 amide bonds. The van der Waals surface area contributed by atoms with E-state index in [0.29, 0.717) is 0 Å². The second-order valence-electron chi connectivity index (χ2n) is 3.30. The molecule has 1 heteroatoms. The van der Waals surface area contributed by atoms with Gasteiger partial charge in [0.15, 0.2) is 0 Å². The van der Waals surface area contributed by atoms with E-state index in [1.807, 2.05) is 0 Å². The van der Waals surface area contributed by atoms with Crippen LogP contribution in [0.3, 0.4) is 0 Å².